The molecule has 0 bridgehead atoms. The highest BCUT2D eigenvalue weighted by atomic mass is 32.2. The first kappa shape index (κ1) is 23.6. The lowest BCUT2D eigenvalue weighted by atomic mass is 10.0. The van der Waals surface area contributed by atoms with Gasteiger partial charge in [-0.1, -0.05) is 23.9 Å². The number of rotatable bonds is 8. The van der Waals surface area contributed by atoms with E-state index < -0.39 is 41.3 Å². The van der Waals surface area contributed by atoms with Crippen LogP contribution in [0.3, 0.4) is 0 Å². The van der Waals surface area contributed by atoms with Gasteiger partial charge in [-0.2, -0.15) is 10.3 Å². The van der Waals surface area contributed by atoms with Crippen molar-refractivity contribution in [2.75, 3.05) is 16.8 Å². The highest BCUT2D eigenvalue weighted by Crippen LogP contribution is 2.41. The van der Waals surface area contributed by atoms with Gasteiger partial charge in [0.15, 0.2) is 0 Å². The van der Waals surface area contributed by atoms with Crippen molar-refractivity contribution in [2.24, 2.45) is 11.5 Å². The number of nitrogens with one attached hydrogen (secondary N) is 3. The number of aromatic nitrogens is 3. The maximum Gasteiger partial charge on any atom is 0.352 e. The molecule has 1 fully saturated rings. The topological polar surface area (TPSA) is 209 Å². The predicted molar refractivity (Wildman–Crippen MR) is 123 cm³/mol. The molecule has 2 aliphatic heterocycles. The van der Waals surface area contributed by atoms with Crippen LogP contribution < -0.4 is 22.1 Å². The van der Waals surface area contributed by atoms with Gasteiger partial charge in [0.1, 0.15) is 28.2 Å². The number of fused-ring (bicyclic) bond motifs is 1. The lowest BCUT2D eigenvalue weighted by Gasteiger charge is -2.49. The number of aromatic amines is 1. The van der Waals surface area contributed by atoms with Gasteiger partial charge < -0.3 is 27.2 Å². The number of carbonyl (C=O) groups excluding carboxylic acids is 3. The molecule has 3 heterocycles. The first-order valence-corrected chi connectivity index (χ1v) is 11.9. The Labute approximate surface area is 201 Å². The predicted octanol–water partition coefficient (Wildman–Crippen LogP) is -0.174. The Morgan fingerprint density at radius 3 is 2.68 bits per heavy atom. The molecule has 2 aromatic rings. The first-order valence-electron chi connectivity index (χ1n) is 9.87. The fourth-order valence-electron chi connectivity index (χ4n) is 3.53. The van der Waals surface area contributed by atoms with Crippen LogP contribution in [0.1, 0.15) is 11.6 Å². The van der Waals surface area contributed by atoms with Crippen molar-refractivity contribution in [1.29, 1.82) is 0 Å². The number of carbonyl (C=O) groups is 4. The Balaban J connectivity index is 1.41. The molecule has 3 atom stereocenters. The number of amides is 4. The molecule has 1 saturated heterocycles. The van der Waals surface area contributed by atoms with Crippen molar-refractivity contribution in [3.8, 4) is 0 Å². The molecule has 4 rings (SSSR count). The zero-order valence-electron chi connectivity index (χ0n) is 17.4. The van der Waals surface area contributed by atoms with E-state index in [4.69, 9.17) is 11.5 Å². The molecule has 2 aliphatic rings. The fourth-order valence-corrected chi connectivity index (χ4v) is 5.80. The molecular weight excluding hydrogens is 484 g/mol. The van der Waals surface area contributed by atoms with Crippen LogP contribution in [0.5, 0.6) is 0 Å². The third-order valence-electron chi connectivity index (χ3n) is 5.15. The minimum Gasteiger partial charge on any atom is -0.477 e. The lowest BCUT2D eigenvalue weighted by Crippen LogP contribution is -2.71. The van der Waals surface area contributed by atoms with Crippen molar-refractivity contribution in [3.63, 3.8) is 0 Å². The van der Waals surface area contributed by atoms with Crippen molar-refractivity contribution in [2.45, 2.75) is 22.5 Å². The number of nitrogens with zero attached hydrogens (tertiary/aromatic N) is 3. The number of anilines is 1. The summed E-state index contributed by atoms with van der Waals surface area (Å²) in [5.41, 5.74) is 12.5. The number of hydrogen-bond acceptors (Lipinski definition) is 9. The smallest absolute Gasteiger partial charge is 0.352 e. The fraction of sp³-hybridized carbons (Fsp3) is 0.263. The highest BCUT2D eigenvalue weighted by molar-refractivity contribution is 8.01. The summed E-state index contributed by atoms with van der Waals surface area (Å²) in [7, 11) is 0. The summed E-state index contributed by atoms with van der Waals surface area (Å²) in [5, 5.41) is 25.0. The van der Waals surface area contributed by atoms with Gasteiger partial charge in [-0.3, -0.25) is 14.5 Å². The number of carboxylic acid groups (broad SMARTS) is 1. The summed E-state index contributed by atoms with van der Waals surface area (Å²) >= 11 is 2.67. The maximum atomic E-state index is 12.8. The normalized spacial score (nSPS) is 20.3. The average molecular weight is 505 g/mol. The van der Waals surface area contributed by atoms with E-state index in [1.165, 1.54) is 34.6 Å². The number of primary amides is 1. The number of H-pyrrole nitrogens is 1. The molecule has 0 radical (unpaired) electrons. The third-order valence-corrected chi connectivity index (χ3v) is 7.48. The molecular formula is C19H20N8O5S2. The second-order valence-electron chi connectivity index (χ2n) is 7.34. The van der Waals surface area contributed by atoms with E-state index in [2.05, 4.69) is 26.0 Å². The van der Waals surface area contributed by atoms with E-state index in [1.54, 1.807) is 24.3 Å². The van der Waals surface area contributed by atoms with E-state index in [1.807, 2.05) is 0 Å². The van der Waals surface area contributed by atoms with Gasteiger partial charge in [0, 0.05) is 17.2 Å². The van der Waals surface area contributed by atoms with Gasteiger partial charge in [0.2, 0.25) is 5.91 Å². The van der Waals surface area contributed by atoms with Crippen molar-refractivity contribution < 1.29 is 24.3 Å². The molecule has 178 valence electrons. The lowest BCUT2D eigenvalue weighted by molar-refractivity contribution is -0.150. The number of nitrogens with two attached hydrogens (primary N) is 2. The molecule has 34 heavy (non-hydrogen) atoms. The van der Waals surface area contributed by atoms with Crippen LogP contribution in [0.4, 0.5) is 10.5 Å². The minimum absolute atomic E-state index is 0.0721. The van der Waals surface area contributed by atoms with Crippen LogP contribution in [-0.4, -0.2) is 72.2 Å². The van der Waals surface area contributed by atoms with Crippen molar-refractivity contribution in [3.05, 3.63) is 47.3 Å². The second kappa shape index (κ2) is 9.74. The van der Waals surface area contributed by atoms with E-state index in [0.717, 1.165) is 0 Å². The van der Waals surface area contributed by atoms with E-state index >= 15 is 0 Å². The summed E-state index contributed by atoms with van der Waals surface area (Å²) in [5.74, 6) is -1.59. The molecule has 15 heteroatoms. The zero-order chi connectivity index (χ0) is 24.4. The van der Waals surface area contributed by atoms with Gasteiger partial charge in [0.25, 0.3) is 5.91 Å². The molecule has 4 amide bonds. The molecule has 0 spiro atoms. The number of aliphatic carboxylic acids is 1. The highest BCUT2D eigenvalue weighted by Gasteiger charge is 2.54. The summed E-state index contributed by atoms with van der Waals surface area (Å²) in [4.78, 5) is 49.5. The number of β-lactam (4-membered cyclic amide) rings is 1. The maximum absolute atomic E-state index is 12.8. The summed E-state index contributed by atoms with van der Waals surface area (Å²) in [6, 6.07) is 3.53. The van der Waals surface area contributed by atoms with Gasteiger partial charge in [-0.25, -0.2) is 9.59 Å². The third kappa shape index (κ3) is 4.71. The first-order chi connectivity index (χ1) is 16.3. The Morgan fingerprint density at radius 2 is 2.06 bits per heavy atom. The molecule has 1 aromatic heterocycles. The Hall–Kier alpha value is -3.56. The van der Waals surface area contributed by atoms with Crippen LogP contribution in [-0.2, 0) is 14.4 Å². The molecule has 0 saturated carbocycles. The number of carboxylic acids is 1. The number of hydrogen-bond donors (Lipinski definition) is 6. The van der Waals surface area contributed by atoms with Crippen molar-refractivity contribution in [1.82, 2.24) is 25.6 Å². The second-order valence-corrected chi connectivity index (χ2v) is 9.44. The van der Waals surface area contributed by atoms with Gasteiger partial charge in [0.05, 0.1) is 6.20 Å². The van der Waals surface area contributed by atoms with Gasteiger partial charge >= 0.3 is 12.0 Å². The van der Waals surface area contributed by atoms with Crippen LogP contribution in [0.25, 0.3) is 0 Å². The van der Waals surface area contributed by atoms with E-state index in [0.29, 0.717) is 33.4 Å². The molecule has 8 N–H and O–H groups in total. The number of urea groups is 1. The SMILES string of the molecule is NC(=O)Nc1ccc(C(N)C(=O)NC2C(=O)N3C(C(=O)O)=C(CSc4cn[nH]n4)CS[C@@H]23)cc1. The Morgan fingerprint density at radius 1 is 1.32 bits per heavy atom. The van der Waals surface area contributed by atoms with Crippen LogP contribution in [0, 0.1) is 0 Å². The van der Waals surface area contributed by atoms with Crippen LogP contribution in [0.2, 0.25) is 0 Å². The summed E-state index contributed by atoms with van der Waals surface area (Å²) in [6.45, 7) is 0. The van der Waals surface area contributed by atoms with E-state index in [9.17, 15) is 24.3 Å². The number of benzene rings is 1. The number of thioether (sulfide) groups is 2. The van der Waals surface area contributed by atoms with Crippen LogP contribution in [0.15, 0.2) is 46.8 Å². The quantitative estimate of drug-likeness (QED) is 0.206. The molecule has 1 aromatic carbocycles. The van der Waals surface area contributed by atoms with Gasteiger partial charge in [-0.15, -0.1) is 16.9 Å². The largest absolute Gasteiger partial charge is 0.477 e. The minimum atomic E-state index is -1.21. The molecule has 0 aliphatic carbocycles. The Kier molecular flexibility index (Phi) is 6.76. The zero-order valence-corrected chi connectivity index (χ0v) is 19.1. The van der Waals surface area contributed by atoms with Crippen LogP contribution >= 0.6 is 23.5 Å². The standard InChI is InChI=1S/C19H20N8O5S2/c20-12(8-1-3-10(4-2-8)23-19(21)32)15(28)24-13-16(29)27-14(18(30)31)9(7-34-17(13)27)6-33-11-5-22-26-25-11/h1-5,12-13,17H,6-7,20H2,(H,24,28)(H,30,31)(H3,21,23,32)(H,22,25,26)/t12?,13?,17-/m0/s1. The monoisotopic (exact) mass is 504 g/mol. The molecule has 2 unspecified atom stereocenters. The van der Waals surface area contributed by atoms with E-state index in [-0.39, 0.29) is 5.70 Å². The summed E-state index contributed by atoms with van der Waals surface area (Å²) in [6.07, 6.45) is 1.52. The summed E-state index contributed by atoms with van der Waals surface area (Å²) < 4.78 is 0. The average Bonchev–Trinajstić information content (AvgIpc) is 3.33. The Bertz CT molecular complexity index is 1150. The van der Waals surface area contributed by atoms with Gasteiger partial charge in [-0.05, 0) is 23.3 Å². The molecule has 13 nitrogen and oxygen atoms in total. The van der Waals surface area contributed by atoms with Crippen molar-refractivity contribution >= 4 is 53.0 Å².